The number of hydrazine groups is 1. The Morgan fingerprint density at radius 1 is 1.56 bits per heavy atom. The van der Waals surface area contributed by atoms with E-state index >= 15 is 0 Å². The van der Waals surface area contributed by atoms with Gasteiger partial charge in [-0.2, -0.15) is 0 Å². The summed E-state index contributed by atoms with van der Waals surface area (Å²) in [4.78, 5) is 10.9. The van der Waals surface area contributed by atoms with Gasteiger partial charge in [0.2, 0.25) is 6.41 Å². The van der Waals surface area contributed by atoms with Gasteiger partial charge in [0.15, 0.2) is 0 Å². The molecular weight excluding hydrogens is 268 g/mol. The first-order valence-corrected chi connectivity index (χ1v) is 6.13. The molecule has 0 spiro atoms. The highest BCUT2D eigenvalue weighted by Crippen LogP contribution is 2.48. The van der Waals surface area contributed by atoms with Crippen molar-refractivity contribution in [2.75, 3.05) is 0 Å². The first-order chi connectivity index (χ1) is 7.58. The molecule has 0 atom stereocenters. The minimum Gasteiger partial charge on any atom is -0.277 e. The highest BCUT2D eigenvalue weighted by atomic mass is 79.9. The Hall–Kier alpha value is -0.870. The third kappa shape index (κ3) is 1.76. The SMILES string of the molecule is CC1CC(c2cccc(Br)c2)(N(N)C=O)C1. The zero-order valence-electron chi connectivity index (χ0n) is 9.19. The third-order valence-corrected chi connectivity index (χ3v) is 3.84. The molecule has 4 heteroatoms. The van der Waals surface area contributed by atoms with Crippen molar-refractivity contribution in [1.29, 1.82) is 0 Å². The van der Waals surface area contributed by atoms with Crippen molar-refractivity contribution >= 4 is 22.3 Å². The molecule has 0 aromatic heterocycles. The molecule has 0 heterocycles. The molecule has 1 fully saturated rings. The summed E-state index contributed by atoms with van der Waals surface area (Å²) in [5.74, 6) is 6.42. The van der Waals surface area contributed by atoms with Gasteiger partial charge in [-0.3, -0.25) is 9.80 Å². The molecule has 2 rings (SSSR count). The lowest BCUT2D eigenvalue weighted by atomic mass is 9.65. The van der Waals surface area contributed by atoms with Crippen LogP contribution in [0.4, 0.5) is 0 Å². The van der Waals surface area contributed by atoms with E-state index in [1.165, 1.54) is 5.01 Å². The van der Waals surface area contributed by atoms with Crippen LogP contribution in [0, 0.1) is 5.92 Å². The number of nitrogens with zero attached hydrogens (tertiary/aromatic N) is 1. The minimum atomic E-state index is -0.301. The topological polar surface area (TPSA) is 46.3 Å². The number of benzene rings is 1. The Labute approximate surface area is 104 Å². The Kier molecular flexibility index (Phi) is 3.04. The number of nitrogens with two attached hydrogens (primary N) is 1. The van der Waals surface area contributed by atoms with Crippen LogP contribution in [0.3, 0.4) is 0 Å². The predicted octanol–water partition coefficient (Wildman–Crippen LogP) is 2.41. The van der Waals surface area contributed by atoms with Gasteiger partial charge in [0, 0.05) is 4.47 Å². The van der Waals surface area contributed by atoms with Crippen LogP contribution < -0.4 is 5.84 Å². The summed E-state index contributed by atoms with van der Waals surface area (Å²) < 4.78 is 1.02. The van der Waals surface area contributed by atoms with Gasteiger partial charge in [0.25, 0.3) is 0 Å². The maximum Gasteiger partial charge on any atom is 0.224 e. The monoisotopic (exact) mass is 282 g/mol. The zero-order chi connectivity index (χ0) is 11.8. The molecule has 0 saturated heterocycles. The van der Waals surface area contributed by atoms with Gasteiger partial charge in [-0.25, -0.2) is 5.84 Å². The molecule has 1 aliphatic carbocycles. The molecule has 3 nitrogen and oxygen atoms in total. The van der Waals surface area contributed by atoms with E-state index < -0.39 is 0 Å². The largest absolute Gasteiger partial charge is 0.277 e. The Balaban J connectivity index is 2.37. The van der Waals surface area contributed by atoms with E-state index in [1.807, 2.05) is 24.3 Å². The van der Waals surface area contributed by atoms with Crippen LogP contribution in [-0.4, -0.2) is 11.4 Å². The Bertz CT molecular complexity index is 402. The van der Waals surface area contributed by atoms with Gasteiger partial charge in [-0.1, -0.05) is 35.0 Å². The summed E-state index contributed by atoms with van der Waals surface area (Å²) >= 11 is 3.45. The molecule has 1 saturated carbocycles. The number of rotatable bonds is 3. The van der Waals surface area contributed by atoms with E-state index in [2.05, 4.69) is 22.9 Å². The van der Waals surface area contributed by atoms with Crippen LogP contribution in [0.15, 0.2) is 28.7 Å². The van der Waals surface area contributed by atoms with Crippen molar-refractivity contribution in [1.82, 2.24) is 5.01 Å². The second-order valence-electron chi connectivity index (χ2n) is 4.57. The van der Waals surface area contributed by atoms with Gasteiger partial charge >= 0.3 is 0 Å². The molecule has 1 aromatic carbocycles. The van der Waals surface area contributed by atoms with E-state index in [9.17, 15) is 4.79 Å². The normalized spacial score (nSPS) is 28.3. The van der Waals surface area contributed by atoms with Crippen molar-refractivity contribution in [3.63, 3.8) is 0 Å². The van der Waals surface area contributed by atoms with Gasteiger partial charge in [0.05, 0.1) is 5.54 Å². The predicted molar refractivity (Wildman–Crippen MR) is 66.3 cm³/mol. The van der Waals surface area contributed by atoms with Crippen molar-refractivity contribution in [3.8, 4) is 0 Å². The Morgan fingerprint density at radius 2 is 2.25 bits per heavy atom. The van der Waals surface area contributed by atoms with Crippen molar-refractivity contribution in [2.45, 2.75) is 25.3 Å². The van der Waals surface area contributed by atoms with Crippen LogP contribution in [0.2, 0.25) is 0 Å². The van der Waals surface area contributed by atoms with Crippen LogP contribution in [0.25, 0.3) is 0 Å². The van der Waals surface area contributed by atoms with E-state index in [4.69, 9.17) is 5.84 Å². The molecule has 1 aromatic rings. The van der Waals surface area contributed by atoms with Crippen molar-refractivity contribution in [2.24, 2.45) is 11.8 Å². The maximum absolute atomic E-state index is 10.9. The zero-order valence-corrected chi connectivity index (χ0v) is 10.8. The molecule has 16 heavy (non-hydrogen) atoms. The number of halogens is 1. The van der Waals surface area contributed by atoms with Crippen LogP contribution in [0.5, 0.6) is 0 Å². The second kappa shape index (κ2) is 4.18. The summed E-state index contributed by atoms with van der Waals surface area (Å²) in [5, 5.41) is 1.31. The summed E-state index contributed by atoms with van der Waals surface area (Å²) in [7, 11) is 0. The fourth-order valence-corrected chi connectivity index (χ4v) is 2.97. The van der Waals surface area contributed by atoms with Gasteiger partial charge in [-0.15, -0.1) is 0 Å². The average molecular weight is 283 g/mol. The fourth-order valence-electron chi connectivity index (χ4n) is 2.57. The van der Waals surface area contributed by atoms with Gasteiger partial charge in [0.1, 0.15) is 0 Å². The van der Waals surface area contributed by atoms with E-state index in [-0.39, 0.29) is 5.54 Å². The van der Waals surface area contributed by atoms with Crippen molar-refractivity contribution in [3.05, 3.63) is 34.3 Å². The van der Waals surface area contributed by atoms with Crippen LogP contribution in [-0.2, 0) is 10.3 Å². The standard InChI is InChI=1S/C12H15BrN2O/c1-9-6-12(7-9,15(14)8-16)10-3-2-4-11(13)5-10/h2-5,8-9H,6-7,14H2,1H3. The lowest BCUT2D eigenvalue weighted by Gasteiger charge is -2.50. The highest BCUT2D eigenvalue weighted by Gasteiger charge is 2.47. The summed E-state index contributed by atoms with van der Waals surface area (Å²) in [6.07, 6.45) is 2.57. The fraction of sp³-hybridized carbons (Fsp3) is 0.417. The summed E-state index contributed by atoms with van der Waals surface area (Å²) in [5.41, 5.74) is 0.805. The van der Waals surface area contributed by atoms with Crippen molar-refractivity contribution < 1.29 is 4.79 Å². The number of amides is 1. The molecule has 1 aliphatic rings. The van der Waals surface area contributed by atoms with Gasteiger partial charge in [-0.05, 0) is 36.5 Å². The quantitative estimate of drug-likeness (QED) is 0.401. The van der Waals surface area contributed by atoms with E-state index in [1.54, 1.807) is 0 Å². The summed E-state index contributed by atoms with van der Waals surface area (Å²) in [6, 6.07) is 8.01. The lowest BCUT2D eigenvalue weighted by molar-refractivity contribution is -0.131. The van der Waals surface area contributed by atoms with E-state index in [0.717, 1.165) is 22.9 Å². The Morgan fingerprint density at radius 3 is 2.75 bits per heavy atom. The van der Waals surface area contributed by atoms with Crippen LogP contribution in [0.1, 0.15) is 25.3 Å². The summed E-state index contributed by atoms with van der Waals surface area (Å²) in [6.45, 7) is 2.18. The maximum atomic E-state index is 10.9. The van der Waals surface area contributed by atoms with Crippen LogP contribution >= 0.6 is 15.9 Å². The number of hydrogen-bond donors (Lipinski definition) is 1. The minimum absolute atomic E-state index is 0.301. The molecule has 86 valence electrons. The third-order valence-electron chi connectivity index (χ3n) is 3.34. The number of carbonyl (C=O) groups excluding carboxylic acids is 1. The first kappa shape index (κ1) is 11.6. The smallest absolute Gasteiger partial charge is 0.224 e. The molecule has 0 aliphatic heterocycles. The number of carbonyl (C=O) groups is 1. The molecule has 0 bridgehead atoms. The molecular formula is C12H15BrN2O. The first-order valence-electron chi connectivity index (χ1n) is 5.34. The van der Waals surface area contributed by atoms with Gasteiger partial charge < -0.3 is 0 Å². The average Bonchev–Trinajstić information content (AvgIpc) is 2.23. The second-order valence-corrected chi connectivity index (χ2v) is 5.48. The number of hydrogen-bond acceptors (Lipinski definition) is 2. The molecule has 0 radical (unpaired) electrons. The lowest BCUT2D eigenvalue weighted by Crippen LogP contribution is -2.56. The van der Waals surface area contributed by atoms with E-state index in [0.29, 0.717) is 12.3 Å². The molecule has 0 unspecified atom stereocenters. The molecule has 1 amide bonds. The molecule has 2 N–H and O–H groups in total. The highest BCUT2D eigenvalue weighted by molar-refractivity contribution is 9.10.